The molecule has 2 aliphatic heterocycles. The summed E-state index contributed by atoms with van der Waals surface area (Å²) in [6.45, 7) is 4.35. The largest absolute Gasteiger partial charge is 0.392 e. The third kappa shape index (κ3) is 4.55. The zero-order valence-corrected chi connectivity index (χ0v) is 16.5. The van der Waals surface area contributed by atoms with E-state index in [2.05, 4.69) is 10.4 Å². The number of rotatable bonds is 5. The van der Waals surface area contributed by atoms with Crippen molar-refractivity contribution in [1.29, 1.82) is 0 Å². The van der Waals surface area contributed by atoms with Crippen molar-refractivity contribution in [2.24, 2.45) is 5.92 Å². The lowest BCUT2D eigenvalue weighted by Crippen LogP contribution is -2.44. The van der Waals surface area contributed by atoms with E-state index in [-0.39, 0.29) is 17.9 Å². The molecule has 8 heteroatoms. The molecule has 0 bridgehead atoms. The fourth-order valence-corrected chi connectivity index (χ4v) is 4.33. The lowest BCUT2D eigenvalue weighted by Gasteiger charge is -2.30. The molecular weight excluding hydrogens is 358 g/mol. The van der Waals surface area contributed by atoms with Crippen LogP contribution in [0.2, 0.25) is 0 Å². The van der Waals surface area contributed by atoms with E-state index >= 15 is 0 Å². The number of aryl methyl sites for hydroxylation is 1. The van der Waals surface area contributed by atoms with Gasteiger partial charge in [0.05, 0.1) is 37.1 Å². The van der Waals surface area contributed by atoms with Gasteiger partial charge < -0.3 is 15.3 Å². The van der Waals surface area contributed by atoms with Crippen molar-refractivity contribution in [3.63, 3.8) is 0 Å². The van der Waals surface area contributed by atoms with E-state index in [0.717, 1.165) is 63.1 Å². The SMILES string of the molecule is O=C(CN1CCCC(O)C1)NCc1cc2n(n1)CCCN(C(=O)C1CCC1)C2. The molecule has 1 saturated carbocycles. The van der Waals surface area contributed by atoms with Crippen LogP contribution >= 0.6 is 0 Å². The van der Waals surface area contributed by atoms with Crippen LogP contribution in [0.4, 0.5) is 0 Å². The Morgan fingerprint density at radius 3 is 2.75 bits per heavy atom. The summed E-state index contributed by atoms with van der Waals surface area (Å²) in [5.74, 6) is 0.472. The summed E-state index contributed by atoms with van der Waals surface area (Å²) >= 11 is 0. The van der Waals surface area contributed by atoms with Crippen LogP contribution in [0.1, 0.15) is 49.9 Å². The molecular formula is C20H31N5O3. The van der Waals surface area contributed by atoms with Gasteiger partial charge in [-0.25, -0.2) is 0 Å². The van der Waals surface area contributed by atoms with E-state index in [9.17, 15) is 14.7 Å². The third-order valence-electron chi connectivity index (χ3n) is 6.15. The van der Waals surface area contributed by atoms with Gasteiger partial charge in [-0.3, -0.25) is 19.2 Å². The maximum absolute atomic E-state index is 12.6. The van der Waals surface area contributed by atoms with Crippen molar-refractivity contribution >= 4 is 11.8 Å². The summed E-state index contributed by atoms with van der Waals surface area (Å²) in [4.78, 5) is 28.8. The molecule has 1 aromatic heterocycles. The minimum absolute atomic E-state index is 0.0425. The number of aliphatic hydroxyl groups excluding tert-OH is 1. The maximum Gasteiger partial charge on any atom is 0.234 e. The standard InChI is InChI=1S/C20H31N5O3/c26-18-6-2-7-23(13-18)14-19(27)21-11-16-10-17-12-24(8-3-9-25(17)22-16)20(28)15-4-1-5-15/h10,15,18,26H,1-9,11-14H2,(H,21,27). The molecule has 2 N–H and O–H groups in total. The Morgan fingerprint density at radius 2 is 2.00 bits per heavy atom. The van der Waals surface area contributed by atoms with Gasteiger partial charge in [-0.1, -0.05) is 6.42 Å². The van der Waals surface area contributed by atoms with Crippen molar-refractivity contribution in [3.05, 3.63) is 17.5 Å². The lowest BCUT2D eigenvalue weighted by molar-refractivity contribution is -0.138. The van der Waals surface area contributed by atoms with Gasteiger partial charge in [0.1, 0.15) is 0 Å². The van der Waals surface area contributed by atoms with Crippen LogP contribution in [0.25, 0.3) is 0 Å². The van der Waals surface area contributed by atoms with Crippen molar-refractivity contribution in [2.75, 3.05) is 26.2 Å². The zero-order chi connectivity index (χ0) is 19.5. The average molecular weight is 390 g/mol. The first-order valence-electron chi connectivity index (χ1n) is 10.6. The summed E-state index contributed by atoms with van der Waals surface area (Å²) in [5, 5.41) is 17.3. The van der Waals surface area contributed by atoms with Crippen LogP contribution < -0.4 is 5.32 Å². The smallest absolute Gasteiger partial charge is 0.234 e. The van der Waals surface area contributed by atoms with E-state index in [4.69, 9.17) is 0 Å². The minimum atomic E-state index is -0.323. The van der Waals surface area contributed by atoms with Crippen molar-refractivity contribution < 1.29 is 14.7 Å². The summed E-state index contributed by atoms with van der Waals surface area (Å²) in [7, 11) is 0. The molecule has 3 aliphatic rings. The number of likely N-dealkylation sites (tertiary alicyclic amines) is 1. The number of aromatic nitrogens is 2. The molecule has 0 radical (unpaired) electrons. The van der Waals surface area contributed by atoms with E-state index in [1.165, 1.54) is 6.42 Å². The van der Waals surface area contributed by atoms with Gasteiger partial charge in [-0.05, 0) is 44.7 Å². The Morgan fingerprint density at radius 1 is 1.14 bits per heavy atom. The van der Waals surface area contributed by atoms with E-state index in [1.807, 2.05) is 20.5 Å². The molecule has 0 spiro atoms. The highest BCUT2D eigenvalue weighted by atomic mass is 16.3. The summed E-state index contributed by atoms with van der Waals surface area (Å²) in [6, 6.07) is 2.01. The van der Waals surface area contributed by atoms with E-state index < -0.39 is 0 Å². The fraction of sp³-hybridized carbons (Fsp3) is 0.750. The number of amides is 2. The highest BCUT2D eigenvalue weighted by Gasteiger charge is 2.30. The van der Waals surface area contributed by atoms with Crippen LogP contribution in [-0.2, 0) is 29.2 Å². The number of hydrogen-bond donors (Lipinski definition) is 2. The van der Waals surface area contributed by atoms with Gasteiger partial charge in [-0.15, -0.1) is 0 Å². The molecule has 3 heterocycles. The molecule has 1 saturated heterocycles. The maximum atomic E-state index is 12.6. The lowest BCUT2D eigenvalue weighted by atomic mass is 9.84. The Kier molecular flexibility index (Phi) is 5.96. The first kappa shape index (κ1) is 19.4. The first-order valence-corrected chi connectivity index (χ1v) is 10.6. The molecule has 154 valence electrons. The van der Waals surface area contributed by atoms with Crippen LogP contribution in [0.3, 0.4) is 0 Å². The van der Waals surface area contributed by atoms with Gasteiger partial charge >= 0.3 is 0 Å². The molecule has 2 fully saturated rings. The van der Waals surface area contributed by atoms with Crippen LogP contribution in [0.5, 0.6) is 0 Å². The third-order valence-corrected chi connectivity index (χ3v) is 6.15. The molecule has 1 aromatic rings. The second kappa shape index (κ2) is 8.61. The summed E-state index contributed by atoms with van der Waals surface area (Å²) in [6.07, 6.45) is 5.56. The Bertz CT molecular complexity index is 715. The Labute approximate surface area is 165 Å². The van der Waals surface area contributed by atoms with E-state index in [0.29, 0.717) is 32.1 Å². The Hall–Kier alpha value is -1.93. The number of piperidine rings is 1. The predicted octanol–water partition coefficient (Wildman–Crippen LogP) is 0.488. The van der Waals surface area contributed by atoms with Gasteiger partial charge in [0.25, 0.3) is 0 Å². The quantitative estimate of drug-likeness (QED) is 0.765. The number of aliphatic hydroxyl groups is 1. The zero-order valence-electron chi connectivity index (χ0n) is 16.5. The van der Waals surface area contributed by atoms with Crippen molar-refractivity contribution in [2.45, 2.75) is 64.3 Å². The van der Waals surface area contributed by atoms with Gasteiger partial charge in [0.15, 0.2) is 0 Å². The molecule has 1 aliphatic carbocycles. The van der Waals surface area contributed by atoms with Gasteiger partial charge in [-0.2, -0.15) is 5.10 Å². The molecule has 0 aromatic carbocycles. The fourth-order valence-electron chi connectivity index (χ4n) is 4.33. The van der Waals surface area contributed by atoms with Crippen molar-refractivity contribution in [3.8, 4) is 0 Å². The molecule has 8 nitrogen and oxygen atoms in total. The average Bonchev–Trinajstić information content (AvgIpc) is 2.88. The highest BCUT2D eigenvalue weighted by Crippen LogP contribution is 2.29. The monoisotopic (exact) mass is 389 g/mol. The van der Waals surface area contributed by atoms with E-state index in [1.54, 1.807) is 0 Å². The molecule has 4 rings (SSSR count). The topological polar surface area (TPSA) is 90.7 Å². The van der Waals surface area contributed by atoms with Crippen molar-refractivity contribution in [1.82, 2.24) is 24.9 Å². The second-order valence-corrected chi connectivity index (χ2v) is 8.40. The minimum Gasteiger partial charge on any atom is -0.392 e. The number of hydrogen-bond acceptors (Lipinski definition) is 5. The molecule has 1 atom stereocenters. The number of carbonyl (C=O) groups excluding carboxylic acids is 2. The number of fused-ring (bicyclic) bond motifs is 1. The first-order chi connectivity index (χ1) is 13.6. The van der Waals surface area contributed by atoms with Gasteiger partial charge in [0.2, 0.25) is 11.8 Å². The normalized spacial score (nSPS) is 23.6. The number of β-amino-alcohol motifs (C(OH)–C–C–N with tert-alkyl or cyclic N) is 1. The van der Waals surface area contributed by atoms with Crippen LogP contribution in [0, 0.1) is 5.92 Å². The highest BCUT2D eigenvalue weighted by molar-refractivity contribution is 5.79. The van der Waals surface area contributed by atoms with Crippen LogP contribution in [-0.4, -0.2) is 68.8 Å². The predicted molar refractivity (Wildman–Crippen MR) is 103 cm³/mol. The molecule has 28 heavy (non-hydrogen) atoms. The Balaban J connectivity index is 1.29. The number of nitrogens with zero attached hydrogens (tertiary/aromatic N) is 4. The summed E-state index contributed by atoms with van der Waals surface area (Å²) < 4.78 is 1.98. The molecule has 2 amide bonds. The second-order valence-electron chi connectivity index (χ2n) is 8.40. The van der Waals surface area contributed by atoms with Crippen LogP contribution in [0.15, 0.2) is 6.07 Å². The molecule has 1 unspecified atom stereocenters. The number of carbonyl (C=O) groups is 2. The number of nitrogens with one attached hydrogen (secondary N) is 1. The summed E-state index contributed by atoms with van der Waals surface area (Å²) in [5.41, 5.74) is 1.88. The van der Waals surface area contributed by atoms with Gasteiger partial charge in [0, 0.05) is 25.6 Å².